The van der Waals surface area contributed by atoms with E-state index in [0.717, 1.165) is 17.5 Å². The third kappa shape index (κ3) is 4.01. The molecule has 0 aromatic heterocycles. The van der Waals surface area contributed by atoms with E-state index in [-0.39, 0.29) is 23.8 Å². The Hall–Kier alpha value is -2.79. The zero-order valence-corrected chi connectivity index (χ0v) is 17.1. The van der Waals surface area contributed by atoms with Gasteiger partial charge in [0.05, 0.1) is 5.92 Å². The van der Waals surface area contributed by atoms with Gasteiger partial charge in [0.15, 0.2) is 0 Å². The Labute approximate surface area is 171 Å². The smallest absolute Gasteiger partial charge is 0.232 e. The van der Waals surface area contributed by atoms with Crippen LogP contribution < -0.4 is 4.90 Å². The zero-order chi connectivity index (χ0) is 21.1. The zero-order valence-electron chi connectivity index (χ0n) is 17.1. The molecule has 4 unspecified atom stereocenters. The lowest BCUT2D eigenvalue weighted by atomic mass is 9.87. The van der Waals surface area contributed by atoms with Crippen molar-refractivity contribution >= 4 is 17.9 Å². The maximum absolute atomic E-state index is 13.6. The van der Waals surface area contributed by atoms with Crippen LogP contribution in [0.15, 0.2) is 61.2 Å². The van der Waals surface area contributed by atoms with E-state index >= 15 is 0 Å². The van der Waals surface area contributed by atoms with Crippen LogP contribution in [0.25, 0.3) is 0 Å². The van der Waals surface area contributed by atoms with Crippen LogP contribution in [0.4, 0.5) is 10.1 Å². The highest BCUT2D eigenvalue weighted by Gasteiger charge is 2.49. The summed E-state index contributed by atoms with van der Waals surface area (Å²) in [6.45, 7) is 8.15. The standard InChI is InChI=1S/C24H27FN2O2/c1-5-22-23(24(29)26(4)19-9-7-6-8-10-19)20(15-28)17(3)27(22)14-18-11-12-21(25)16(2)13-18/h5-13,15,17,20,22-23H,1,14H2,2-4H3. The van der Waals surface area contributed by atoms with Crippen LogP contribution in [0.1, 0.15) is 18.1 Å². The van der Waals surface area contributed by atoms with Crippen LogP contribution >= 0.6 is 0 Å². The fraction of sp³-hybridized carbons (Fsp3) is 0.333. The van der Waals surface area contributed by atoms with Crippen molar-refractivity contribution in [3.8, 4) is 0 Å². The number of amides is 1. The quantitative estimate of drug-likeness (QED) is 0.550. The van der Waals surface area contributed by atoms with Gasteiger partial charge < -0.3 is 9.69 Å². The molecule has 4 atom stereocenters. The van der Waals surface area contributed by atoms with Crippen molar-refractivity contribution in [3.63, 3.8) is 0 Å². The minimum atomic E-state index is -0.522. The third-order valence-corrected chi connectivity index (χ3v) is 5.99. The molecule has 2 aromatic rings. The Morgan fingerprint density at radius 2 is 1.93 bits per heavy atom. The molecule has 0 spiro atoms. The van der Waals surface area contributed by atoms with Gasteiger partial charge in [-0.3, -0.25) is 9.69 Å². The Bertz CT molecular complexity index is 899. The maximum atomic E-state index is 13.6. The number of carbonyl (C=O) groups excluding carboxylic acids is 2. The van der Waals surface area contributed by atoms with Gasteiger partial charge >= 0.3 is 0 Å². The number of rotatable bonds is 6. The number of para-hydroxylation sites is 1. The first kappa shape index (κ1) is 20.9. The van der Waals surface area contributed by atoms with E-state index in [0.29, 0.717) is 12.1 Å². The summed E-state index contributed by atoms with van der Waals surface area (Å²) < 4.78 is 13.6. The molecular weight excluding hydrogens is 367 g/mol. The van der Waals surface area contributed by atoms with E-state index in [1.54, 1.807) is 31.0 Å². The lowest BCUT2D eigenvalue weighted by molar-refractivity contribution is -0.126. The summed E-state index contributed by atoms with van der Waals surface area (Å²) in [6.07, 6.45) is 2.64. The lowest BCUT2D eigenvalue weighted by Gasteiger charge is -2.29. The van der Waals surface area contributed by atoms with Crippen molar-refractivity contribution in [2.75, 3.05) is 11.9 Å². The molecule has 1 aliphatic heterocycles. The van der Waals surface area contributed by atoms with Crippen LogP contribution in [0, 0.1) is 24.6 Å². The second-order valence-corrected chi connectivity index (χ2v) is 7.69. The van der Waals surface area contributed by atoms with Crippen molar-refractivity contribution < 1.29 is 14.0 Å². The predicted molar refractivity (Wildman–Crippen MR) is 113 cm³/mol. The Kier molecular flexibility index (Phi) is 6.28. The molecule has 4 nitrogen and oxygen atoms in total. The van der Waals surface area contributed by atoms with Crippen molar-refractivity contribution in [2.24, 2.45) is 11.8 Å². The van der Waals surface area contributed by atoms with Crippen molar-refractivity contribution in [1.29, 1.82) is 0 Å². The fourth-order valence-corrected chi connectivity index (χ4v) is 4.29. The number of carbonyl (C=O) groups is 2. The molecule has 29 heavy (non-hydrogen) atoms. The number of aldehydes is 1. The number of hydrogen-bond acceptors (Lipinski definition) is 3. The summed E-state index contributed by atoms with van der Waals surface area (Å²) >= 11 is 0. The first-order valence-electron chi connectivity index (χ1n) is 9.80. The minimum absolute atomic E-state index is 0.108. The Balaban J connectivity index is 1.90. The van der Waals surface area contributed by atoms with Gasteiger partial charge in [-0.05, 0) is 43.2 Å². The first-order valence-corrected chi connectivity index (χ1v) is 9.80. The predicted octanol–water partition coefficient (Wildman–Crippen LogP) is 3.99. The van der Waals surface area contributed by atoms with Crippen LogP contribution in [0.5, 0.6) is 0 Å². The molecule has 152 valence electrons. The van der Waals surface area contributed by atoms with Crippen molar-refractivity contribution in [3.05, 3.63) is 78.1 Å². The fourth-order valence-electron chi connectivity index (χ4n) is 4.29. The summed E-state index contributed by atoms with van der Waals surface area (Å²) in [5, 5.41) is 0. The molecule has 1 saturated heterocycles. The van der Waals surface area contributed by atoms with Crippen molar-refractivity contribution in [2.45, 2.75) is 32.5 Å². The molecule has 1 heterocycles. The highest BCUT2D eigenvalue weighted by molar-refractivity contribution is 5.97. The second kappa shape index (κ2) is 8.70. The van der Waals surface area contributed by atoms with Crippen LogP contribution in [-0.4, -0.2) is 36.2 Å². The van der Waals surface area contributed by atoms with Gasteiger partial charge in [-0.15, -0.1) is 6.58 Å². The minimum Gasteiger partial charge on any atom is -0.315 e. The maximum Gasteiger partial charge on any atom is 0.232 e. The van der Waals surface area contributed by atoms with E-state index in [1.165, 1.54) is 6.07 Å². The highest BCUT2D eigenvalue weighted by Crippen LogP contribution is 2.38. The van der Waals surface area contributed by atoms with Gasteiger partial charge in [0, 0.05) is 37.3 Å². The van der Waals surface area contributed by atoms with Crippen molar-refractivity contribution in [1.82, 2.24) is 4.90 Å². The largest absolute Gasteiger partial charge is 0.315 e. The van der Waals surface area contributed by atoms with Crippen LogP contribution in [-0.2, 0) is 16.1 Å². The number of likely N-dealkylation sites (tertiary alicyclic amines) is 1. The number of aryl methyl sites for hydroxylation is 1. The number of anilines is 1. The van der Waals surface area contributed by atoms with Gasteiger partial charge in [0.2, 0.25) is 5.91 Å². The average molecular weight is 394 g/mol. The molecule has 3 rings (SSSR count). The first-order chi connectivity index (χ1) is 13.9. The number of hydrogen-bond donors (Lipinski definition) is 0. The topological polar surface area (TPSA) is 40.6 Å². The summed E-state index contributed by atoms with van der Waals surface area (Å²) in [4.78, 5) is 29.1. The number of halogens is 1. The third-order valence-electron chi connectivity index (χ3n) is 5.99. The van der Waals surface area contributed by atoms with Crippen LogP contribution in [0.3, 0.4) is 0 Å². The van der Waals surface area contributed by atoms with Gasteiger partial charge in [-0.1, -0.05) is 36.4 Å². The van der Waals surface area contributed by atoms with E-state index in [1.807, 2.05) is 43.3 Å². The molecule has 1 amide bonds. The molecule has 5 heteroatoms. The van der Waals surface area contributed by atoms with Gasteiger partial charge in [0.1, 0.15) is 12.1 Å². The molecular formula is C24H27FN2O2. The van der Waals surface area contributed by atoms with Crippen LogP contribution in [0.2, 0.25) is 0 Å². The van der Waals surface area contributed by atoms with E-state index in [9.17, 15) is 14.0 Å². The van der Waals surface area contributed by atoms with Gasteiger partial charge in [0.25, 0.3) is 0 Å². The monoisotopic (exact) mass is 394 g/mol. The molecule has 0 radical (unpaired) electrons. The summed E-state index contributed by atoms with van der Waals surface area (Å²) in [7, 11) is 1.73. The molecule has 0 bridgehead atoms. The summed E-state index contributed by atoms with van der Waals surface area (Å²) in [6, 6.07) is 14.0. The summed E-state index contributed by atoms with van der Waals surface area (Å²) in [5.41, 5.74) is 2.30. The van der Waals surface area contributed by atoms with E-state index in [4.69, 9.17) is 0 Å². The van der Waals surface area contributed by atoms with E-state index in [2.05, 4.69) is 11.5 Å². The molecule has 0 aliphatic carbocycles. The second-order valence-electron chi connectivity index (χ2n) is 7.69. The molecule has 1 fully saturated rings. The molecule has 1 aliphatic rings. The average Bonchev–Trinajstić information content (AvgIpc) is 3.01. The number of nitrogens with zero attached hydrogens (tertiary/aromatic N) is 2. The van der Waals surface area contributed by atoms with Gasteiger partial charge in [-0.2, -0.15) is 0 Å². The Morgan fingerprint density at radius 3 is 2.52 bits per heavy atom. The molecule has 2 aromatic carbocycles. The summed E-state index contributed by atoms with van der Waals surface area (Å²) in [5.74, 6) is -1.32. The molecule has 0 N–H and O–H groups in total. The highest BCUT2D eigenvalue weighted by atomic mass is 19.1. The number of benzene rings is 2. The molecule has 0 saturated carbocycles. The lowest BCUT2D eigenvalue weighted by Crippen LogP contribution is -2.41. The SMILES string of the molecule is C=CC1C(C(=O)N(C)c2ccccc2)C(C=O)C(C)N1Cc1ccc(F)c(C)c1. The van der Waals surface area contributed by atoms with Gasteiger partial charge in [-0.25, -0.2) is 4.39 Å². The van der Waals surface area contributed by atoms with E-state index < -0.39 is 11.8 Å². The Morgan fingerprint density at radius 1 is 1.24 bits per heavy atom. The normalized spacial score (nSPS) is 24.3.